The van der Waals surface area contributed by atoms with E-state index in [0.29, 0.717) is 18.2 Å². The summed E-state index contributed by atoms with van der Waals surface area (Å²) in [6.45, 7) is 4.68. The van der Waals surface area contributed by atoms with E-state index in [2.05, 4.69) is 17.2 Å². The zero-order chi connectivity index (χ0) is 13.5. The van der Waals surface area contributed by atoms with Crippen LogP contribution in [0.15, 0.2) is 12.3 Å². The number of aryl methyl sites for hydroxylation is 1. The second-order valence-corrected chi connectivity index (χ2v) is 4.34. The number of aliphatic hydroxyl groups excluding tert-OH is 1. The quantitative estimate of drug-likeness (QED) is 0.690. The van der Waals surface area contributed by atoms with Gasteiger partial charge in [0.2, 0.25) is 0 Å². The zero-order valence-corrected chi connectivity index (χ0v) is 10.8. The number of carboxylic acid groups (broad SMARTS) is 1. The minimum Gasteiger partial charge on any atom is -0.478 e. The summed E-state index contributed by atoms with van der Waals surface area (Å²) >= 11 is 0. The maximum absolute atomic E-state index is 11.1. The van der Waals surface area contributed by atoms with E-state index in [1.54, 1.807) is 6.07 Å². The molecule has 5 heteroatoms. The molecule has 0 aromatic carbocycles. The first-order valence-electron chi connectivity index (χ1n) is 6.13. The molecule has 0 aliphatic heterocycles. The molecule has 0 fully saturated rings. The summed E-state index contributed by atoms with van der Waals surface area (Å²) in [5, 5.41) is 21.1. The van der Waals surface area contributed by atoms with Gasteiger partial charge in [0.05, 0.1) is 5.69 Å². The molecule has 18 heavy (non-hydrogen) atoms. The lowest BCUT2D eigenvalue weighted by molar-refractivity contribution is 0.0697. The van der Waals surface area contributed by atoms with Gasteiger partial charge in [-0.15, -0.1) is 0 Å². The smallest absolute Gasteiger partial charge is 0.339 e. The van der Waals surface area contributed by atoms with Crippen LogP contribution in [0.2, 0.25) is 0 Å². The molecule has 1 atom stereocenters. The lowest BCUT2D eigenvalue weighted by Gasteiger charge is -2.16. The van der Waals surface area contributed by atoms with Crippen LogP contribution in [0.25, 0.3) is 0 Å². The molecule has 0 aliphatic rings. The molecular weight excluding hydrogens is 232 g/mol. The second-order valence-electron chi connectivity index (χ2n) is 4.34. The SMILES string of the molecule is CCC(CCO)CNc1cc(C)ncc1C(=O)O. The molecule has 0 amide bonds. The number of aromatic nitrogens is 1. The van der Waals surface area contributed by atoms with E-state index in [9.17, 15) is 4.79 Å². The monoisotopic (exact) mass is 252 g/mol. The number of anilines is 1. The van der Waals surface area contributed by atoms with E-state index in [-0.39, 0.29) is 12.2 Å². The summed E-state index contributed by atoms with van der Waals surface area (Å²) in [6, 6.07) is 1.73. The molecule has 1 unspecified atom stereocenters. The summed E-state index contributed by atoms with van der Waals surface area (Å²) < 4.78 is 0. The summed E-state index contributed by atoms with van der Waals surface area (Å²) in [7, 11) is 0. The number of hydrogen-bond acceptors (Lipinski definition) is 4. The van der Waals surface area contributed by atoms with Gasteiger partial charge in [-0.3, -0.25) is 4.98 Å². The highest BCUT2D eigenvalue weighted by Gasteiger charge is 2.12. The molecular formula is C13H20N2O3. The number of aliphatic hydroxyl groups is 1. The number of hydrogen-bond donors (Lipinski definition) is 3. The zero-order valence-electron chi connectivity index (χ0n) is 10.8. The molecule has 1 heterocycles. The van der Waals surface area contributed by atoms with Crippen molar-refractivity contribution in [2.24, 2.45) is 5.92 Å². The van der Waals surface area contributed by atoms with Crippen LogP contribution in [0.3, 0.4) is 0 Å². The molecule has 1 aromatic heterocycles. The van der Waals surface area contributed by atoms with E-state index in [1.165, 1.54) is 6.20 Å². The van der Waals surface area contributed by atoms with E-state index in [4.69, 9.17) is 10.2 Å². The largest absolute Gasteiger partial charge is 0.478 e. The highest BCUT2D eigenvalue weighted by atomic mass is 16.4. The topological polar surface area (TPSA) is 82.5 Å². The number of carbonyl (C=O) groups is 1. The lowest BCUT2D eigenvalue weighted by Crippen LogP contribution is -2.17. The number of nitrogens with zero attached hydrogens (tertiary/aromatic N) is 1. The van der Waals surface area contributed by atoms with Crippen LogP contribution in [0, 0.1) is 12.8 Å². The van der Waals surface area contributed by atoms with Crippen LogP contribution in [0.1, 0.15) is 35.8 Å². The number of pyridine rings is 1. The van der Waals surface area contributed by atoms with Gasteiger partial charge in [0.25, 0.3) is 0 Å². The van der Waals surface area contributed by atoms with Crippen LogP contribution in [-0.4, -0.2) is 34.3 Å². The number of nitrogens with one attached hydrogen (secondary N) is 1. The van der Waals surface area contributed by atoms with Crippen molar-refractivity contribution in [3.63, 3.8) is 0 Å². The number of rotatable bonds is 7. The summed E-state index contributed by atoms with van der Waals surface area (Å²) in [5.41, 5.74) is 1.54. The molecule has 0 spiro atoms. The van der Waals surface area contributed by atoms with Gasteiger partial charge in [0.1, 0.15) is 5.56 Å². The fourth-order valence-electron chi connectivity index (χ4n) is 1.76. The van der Waals surface area contributed by atoms with Crippen molar-refractivity contribution < 1.29 is 15.0 Å². The molecule has 0 saturated carbocycles. The van der Waals surface area contributed by atoms with Crippen LogP contribution in [-0.2, 0) is 0 Å². The molecule has 0 saturated heterocycles. The Balaban J connectivity index is 2.76. The van der Waals surface area contributed by atoms with Crippen molar-refractivity contribution in [3.05, 3.63) is 23.5 Å². The van der Waals surface area contributed by atoms with E-state index in [0.717, 1.165) is 18.5 Å². The average molecular weight is 252 g/mol. The molecule has 5 nitrogen and oxygen atoms in total. The van der Waals surface area contributed by atoms with Gasteiger partial charge in [0, 0.05) is 25.0 Å². The van der Waals surface area contributed by atoms with Crippen molar-refractivity contribution in [1.82, 2.24) is 4.98 Å². The third kappa shape index (κ3) is 4.00. The summed E-state index contributed by atoms with van der Waals surface area (Å²) in [5.74, 6) is -0.648. The maximum Gasteiger partial charge on any atom is 0.339 e. The lowest BCUT2D eigenvalue weighted by atomic mass is 10.0. The minimum absolute atomic E-state index is 0.154. The average Bonchev–Trinajstić information content (AvgIpc) is 2.34. The molecule has 100 valence electrons. The van der Waals surface area contributed by atoms with E-state index >= 15 is 0 Å². The van der Waals surface area contributed by atoms with Crippen LogP contribution in [0.5, 0.6) is 0 Å². The molecule has 0 aliphatic carbocycles. The first kappa shape index (κ1) is 14.4. The van der Waals surface area contributed by atoms with Gasteiger partial charge >= 0.3 is 5.97 Å². The third-order valence-electron chi connectivity index (χ3n) is 2.97. The van der Waals surface area contributed by atoms with Crippen molar-refractivity contribution in [2.45, 2.75) is 26.7 Å². The second kappa shape index (κ2) is 6.96. The number of aromatic carboxylic acids is 1. The van der Waals surface area contributed by atoms with Gasteiger partial charge < -0.3 is 15.5 Å². The molecule has 1 aromatic rings. The number of carboxylic acids is 1. The Bertz CT molecular complexity index is 407. The van der Waals surface area contributed by atoms with Gasteiger partial charge in [-0.1, -0.05) is 13.3 Å². The van der Waals surface area contributed by atoms with Crippen LogP contribution in [0.4, 0.5) is 5.69 Å². The third-order valence-corrected chi connectivity index (χ3v) is 2.97. The first-order valence-corrected chi connectivity index (χ1v) is 6.13. The van der Waals surface area contributed by atoms with Gasteiger partial charge in [-0.05, 0) is 25.3 Å². The van der Waals surface area contributed by atoms with Crippen LogP contribution < -0.4 is 5.32 Å². The Morgan fingerprint density at radius 2 is 2.28 bits per heavy atom. The van der Waals surface area contributed by atoms with Gasteiger partial charge in [0.15, 0.2) is 0 Å². The van der Waals surface area contributed by atoms with Gasteiger partial charge in [-0.25, -0.2) is 4.79 Å². The maximum atomic E-state index is 11.1. The molecule has 3 N–H and O–H groups in total. The predicted octanol–water partition coefficient (Wildman–Crippen LogP) is 1.91. The van der Waals surface area contributed by atoms with Crippen molar-refractivity contribution in [2.75, 3.05) is 18.5 Å². The Labute approximate surface area is 107 Å². The van der Waals surface area contributed by atoms with Crippen molar-refractivity contribution in [3.8, 4) is 0 Å². The van der Waals surface area contributed by atoms with Crippen LogP contribution >= 0.6 is 0 Å². The highest BCUT2D eigenvalue weighted by Crippen LogP contribution is 2.17. The van der Waals surface area contributed by atoms with E-state index in [1.807, 2.05) is 6.92 Å². The summed E-state index contributed by atoms with van der Waals surface area (Å²) in [6.07, 6.45) is 3.03. The fourth-order valence-corrected chi connectivity index (χ4v) is 1.76. The fraction of sp³-hybridized carbons (Fsp3) is 0.538. The predicted molar refractivity (Wildman–Crippen MR) is 69.9 cm³/mol. The highest BCUT2D eigenvalue weighted by molar-refractivity contribution is 5.93. The first-order chi connectivity index (χ1) is 8.58. The van der Waals surface area contributed by atoms with Gasteiger partial charge in [-0.2, -0.15) is 0 Å². The minimum atomic E-state index is -0.986. The Morgan fingerprint density at radius 3 is 2.83 bits per heavy atom. The standard InChI is InChI=1S/C13H20N2O3/c1-3-10(4-5-16)7-15-12-6-9(2)14-8-11(12)13(17)18/h6,8,10,16H,3-5,7H2,1-2H3,(H,14,15)(H,17,18). The van der Waals surface area contributed by atoms with Crippen molar-refractivity contribution in [1.29, 1.82) is 0 Å². The molecule has 0 bridgehead atoms. The Kier molecular flexibility index (Phi) is 5.58. The summed E-state index contributed by atoms with van der Waals surface area (Å²) in [4.78, 5) is 15.0. The van der Waals surface area contributed by atoms with Crippen molar-refractivity contribution >= 4 is 11.7 Å². The Morgan fingerprint density at radius 1 is 1.56 bits per heavy atom. The molecule has 0 radical (unpaired) electrons. The molecule has 1 rings (SSSR count). The Hall–Kier alpha value is -1.62. The van der Waals surface area contributed by atoms with E-state index < -0.39 is 5.97 Å². The normalized spacial score (nSPS) is 12.2.